The number of carbonyl (C=O) groups excluding carboxylic acids is 1. The Morgan fingerprint density at radius 1 is 1.19 bits per heavy atom. The fourth-order valence-corrected chi connectivity index (χ4v) is 5.11. The molecule has 2 aliphatic heterocycles. The molecule has 1 N–H and O–H groups in total. The highest BCUT2D eigenvalue weighted by molar-refractivity contribution is 7.89. The Bertz CT molecular complexity index is 786. The van der Waals surface area contributed by atoms with Gasteiger partial charge in [-0.15, -0.1) is 12.4 Å². The van der Waals surface area contributed by atoms with Gasteiger partial charge in [0.05, 0.1) is 0 Å². The summed E-state index contributed by atoms with van der Waals surface area (Å²) in [5.74, 6) is -1.96. The number of nitrogens with one attached hydrogen (secondary N) is 1. The number of piperazine rings is 1. The predicted molar refractivity (Wildman–Crippen MR) is 99.1 cm³/mol. The first-order valence-electron chi connectivity index (χ1n) is 8.77. The third kappa shape index (κ3) is 4.59. The van der Waals surface area contributed by atoms with Gasteiger partial charge in [0.25, 0.3) is 0 Å². The van der Waals surface area contributed by atoms with E-state index in [-0.39, 0.29) is 43.4 Å². The molecule has 0 radical (unpaired) electrons. The Morgan fingerprint density at radius 2 is 1.85 bits per heavy atom. The van der Waals surface area contributed by atoms with Crippen molar-refractivity contribution < 1.29 is 22.0 Å². The van der Waals surface area contributed by atoms with Gasteiger partial charge in [-0.05, 0) is 38.0 Å². The zero-order valence-electron chi connectivity index (χ0n) is 15.0. The molecule has 1 amide bonds. The molecule has 152 valence electrons. The Hall–Kier alpha value is -1.29. The predicted octanol–water partition coefficient (Wildman–Crippen LogP) is 1.61. The van der Waals surface area contributed by atoms with Crippen LogP contribution in [0, 0.1) is 17.6 Å². The zero-order chi connectivity index (χ0) is 18.9. The van der Waals surface area contributed by atoms with Crippen LogP contribution in [0.25, 0.3) is 0 Å². The average molecular weight is 424 g/mol. The highest BCUT2D eigenvalue weighted by atomic mass is 35.5. The van der Waals surface area contributed by atoms with Gasteiger partial charge in [0.15, 0.2) is 0 Å². The number of sulfonamides is 1. The van der Waals surface area contributed by atoms with Gasteiger partial charge >= 0.3 is 0 Å². The number of nitrogens with zero attached hydrogens (tertiary/aromatic N) is 2. The molecule has 6 nitrogen and oxygen atoms in total. The molecule has 2 aliphatic rings. The van der Waals surface area contributed by atoms with Crippen LogP contribution in [-0.4, -0.2) is 62.3 Å². The lowest BCUT2D eigenvalue weighted by molar-refractivity contribution is -0.139. The van der Waals surface area contributed by atoms with Gasteiger partial charge in [0.2, 0.25) is 15.9 Å². The van der Waals surface area contributed by atoms with Crippen molar-refractivity contribution in [2.24, 2.45) is 5.92 Å². The van der Waals surface area contributed by atoms with Crippen molar-refractivity contribution >= 4 is 28.3 Å². The molecule has 0 unspecified atom stereocenters. The lowest BCUT2D eigenvalue weighted by Crippen LogP contribution is -2.55. The summed E-state index contributed by atoms with van der Waals surface area (Å²) in [5.41, 5.74) is 0. The number of piperidine rings is 1. The molecule has 1 aromatic rings. The minimum absolute atomic E-state index is 0. The fourth-order valence-electron chi connectivity index (χ4n) is 3.56. The molecule has 0 aromatic heterocycles. The SMILES string of the molecule is C[C@H]1CNCCN1C(=O)C1CCN(S(=O)(=O)c2cc(F)ccc2F)CC1.Cl. The third-order valence-electron chi connectivity index (χ3n) is 5.10. The summed E-state index contributed by atoms with van der Waals surface area (Å²) in [6.45, 7) is 4.37. The van der Waals surface area contributed by atoms with Crippen molar-refractivity contribution in [3.63, 3.8) is 0 Å². The molecule has 2 saturated heterocycles. The lowest BCUT2D eigenvalue weighted by Gasteiger charge is -2.38. The van der Waals surface area contributed by atoms with Crippen LogP contribution in [0.4, 0.5) is 8.78 Å². The summed E-state index contributed by atoms with van der Waals surface area (Å²) in [7, 11) is -4.12. The van der Waals surface area contributed by atoms with Crippen LogP contribution in [0.15, 0.2) is 23.1 Å². The van der Waals surface area contributed by atoms with Crippen LogP contribution in [0.3, 0.4) is 0 Å². The summed E-state index contributed by atoms with van der Waals surface area (Å²) in [6, 6.07) is 2.50. The summed E-state index contributed by atoms with van der Waals surface area (Å²) in [5, 5.41) is 3.23. The standard InChI is InChI=1S/C17H23F2N3O3S.ClH/c1-12-11-20-6-9-22(12)17(23)13-4-7-21(8-5-13)26(24,25)16-10-14(18)2-3-15(16)19;/h2-3,10,12-13,20H,4-9,11H2,1H3;1H/t12-;/m0./s1. The van der Waals surface area contributed by atoms with Gasteiger partial charge < -0.3 is 10.2 Å². The van der Waals surface area contributed by atoms with Crippen LogP contribution >= 0.6 is 12.4 Å². The number of halogens is 3. The number of amides is 1. The molecular weight excluding hydrogens is 400 g/mol. The van der Waals surface area contributed by atoms with E-state index in [1.165, 1.54) is 0 Å². The normalized spacial score (nSPS) is 22.3. The van der Waals surface area contributed by atoms with E-state index in [1.54, 1.807) is 0 Å². The quantitative estimate of drug-likeness (QED) is 0.801. The van der Waals surface area contributed by atoms with E-state index < -0.39 is 26.6 Å². The molecule has 0 saturated carbocycles. The van der Waals surface area contributed by atoms with Gasteiger partial charge in [0, 0.05) is 44.7 Å². The van der Waals surface area contributed by atoms with Crippen LogP contribution in [-0.2, 0) is 14.8 Å². The van der Waals surface area contributed by atoms with E-state index in [9.17, 15) is 22.0 Å². The molecule has 3 rings (SSSR count). The van der Waals surface area contributed by atoms with Crippen molar-refractivity contribution in [3.05, 3.63) is 29.8 Å². The van der Waals surface area contributed by atoms with Gasteiger partial charge in [-0.1, -0.05) is 0 Å². The first kappa shape index (κ1) is 22.0. The summed E-state index contributed by atoms with van der Waals surface area (Å²) in [4.78, 5) is 13.9. The van der Waals surface area contributed by atoms with Crippen molar-refractivity contribution in [2.75, 3.05) is 32.7 Å². The Labute approximate surface area is 164 Å². The summed E-state index contributed by atoms with van der Waals surface area (Å²) in [6.07, 6.45) is 0.761. The second-order valence-corrected chi connectivity index (χ2v) is 8.74. The van der Waals surface area contributed by atoms with Crippen LogP contribution in [0.5, 0.6) is 0 Å². The van der Waals surface area contributed by atoms with Crippen molar-refractivity contribution in [1.29, 1.82) is 0 Å². The average Bonchev–Trinajstić information content (AvgIpc) is 2.63. The first-order valence-corrected chi connectivity index (χ1v) is 10.2. The van der Waals surface area contributed by atoms with E-state index in [1.807, 2.05) is 11.8 Å². The smallest absolute Gasteiger partial charge is 0.246 e. The number of hydrogen-bond acceptors (Lipinski definition) is 4. The maximum Gasteiger partial charge on any atom is 0.246 e. The second kappa shape index (κ2) is 8.81. The lowest BCUT2D eigenvalue weighted by atomic mass is 9.95. The Morgan fingerprint density at radius 3 is 2.48 bits per heavy atom. The summed E-state index contributed by atoms with van der Waals surface area (Å²) >= 11 is 0. The van der Waals surface area contributed by atoms with Gasteiger partial charge in [-0.2, -0.15) is 4.31 Å². The zero-order valence-corrected chi connectivity index (χ0v) is 16.7. The molecule has 1 aromatic carbocycles. The molecule has 0 aliphatic carbocycles. The molecule has 2 fully saturated rings. The van der Waals surface area contributed by atoms with Crippen LogP contribution < -0.4 is 5.32 Å². The molecule has 0 spiro atoms. The number of hydrogen-bond donors (Lipinski definition) is 1. The molecule has 10 heteroatoms. The maximum atomic E-state index is 13.9. The highest BCUT2D eigenvalue weighted by Gasteiger charge is 2.36. The minimum atomic E-state index is -4.12. The third-order valence-corrected chi connectivity index (χ3v) is 7.01. The summed E-state index contributed by atoms with van der Waals surface area (Å²) < 4.78 is 53.6. The largest absolute Gasteiger partial charge is 0.337 e. The fraction of sp³-hybridized carbons (Fsp3) is 0.588. The van der Waals surface area contributed by atoms with E-state index >= 15 is 0 Å². The Kier molecular flexibility index (Phi) is 7.18. The molecule has 0 bridgehead atoms. The van der Waals surface area contributed by atoms with Crippen molar-refractivity contribution in [1.82, 2.24) is 14.5 Å². The monoisotopic (exact) mass is 423 g/mol. The first-order chi connectivity index (χ1) is 12.3. The second-order valence-electron chi connectivity index (χ2n) is 6.84. The van der Waals surface area contributed by atoms with Crippen LogP contribution in [0.1, 0.15) is 19.8 Å². The van der Waals surface area contributed by atoms with E-state index in [4.69, 9.17) is 0 Å². The van der Waals surface area contributed by atoms with E-state index in [2.05, 4.69) is 5.32 Å². The molecule has 27 heavy (non-hydrogen) atoms. The number of rotatable bonds is 3. The van der Waals surface area contributed by atoms with Gasteiger partial charge in [-0.25, -0.2) is 17.2 Å². The molecule has 2 heterocycles. The topological polar surface area (TPSA) is 69.7 Å². The highest BCUT2D eigenvalue weighted by Crippen LogP contribution is 2.27. The minimum Gasteiger partial charge on any atom is -0.337 e. The van der Waals surface area contributed by atoms with Gasteiger partial charge in [-0.3, -0.25) is 4.79 Å². The molecule has 1 atom stereocenters. The van der Waals surface area contributed by atoms with E-state index in [0.717, 1.165) is 29.5 Å². The molecular formula is C17H24ClF2N3O3S. The maximum absolute atomic E-state index is 13.9. The van der Waals surface area contributed by atoms with Gasteiger partial charge in [0.1, 0.15) is 16.5 Å². The van der Waals surface area contributed by atoms with Crippen LogP contribution in [0.2, 0.25) is 0 Å². The number of benzene rings is 1. The van der Waals surface area contributed by atoms with E-state index in [0.29, 0.717) is 25.5 Å². The number of carbonyl (C=O) groups is 1. The Balaban J connectivity index is 0.00000261. The van der Waals surface area contributed by atoms with Crippen molar-refractivity contribution in [3.8, 4) is 0 Å². The van der Waals surface area contributed by atoms with Crippen molar-refractivity contribution in [2.45, 2.75) is 30.7 Å².